The highest BCUT2D eigenvalue weighted by Crippen LogP contribution is 2.25. The number of pyridine rings is 1. The number of nitrogens with zero attached hydrogens (tertiary/aromatic N) is 4. The van der Waals surface area contributed by atoms with Crippen molar-refractivity contribution >= 4 is 10.9 Å². The standard InChI is InChI=1S/C20H24N4O/c1-20(2,24-10-12-25-13-11-24)15-23-9-8-22-19(23)17-5-6-18-16(14-17)4-3-7-21-18/h3-9,14H,10-13,15H2,1-2H3. The molecular weight excluding hydrogens is 312 g/mol. The van der Waals surface area contributed by atoms with Crippen molar-refractivity contribution in [3.05, 3.63) is 48.9 Å². The average molecular weight is 336 g/mol. The fourth-order valence-corrected chi connectivity index (χ4v) is 3.60. The normalized spacial score (nSPS) is 16.4. The summed E-state index contributed by atoms with van der Waals surface area (Å²) < 4.78 is 7.75. The molecule has 1 saturated heterocycles. The zero-order chi connectivity index (χ0) is 17.3. The molecule has 4 rings (SSSR count). The molecule has 1 aliphatic rings. The van der Waals surface area contributed by atoms with Crippen LogP contribution in [0.15, 0.2) is 48.9 Å². The van der Waals surface area contributed by atoms with Crippen molar-refractivity contribution < 1.29 is 4.74 Å². The Labute approximate surface area is 148 Å². The zero-order valence-corrected chi connectivity index (χ0v) is 14.9. The molecule has 1 fully saturated rings. The largest absolute Gasteiger partial charge is 0.379 e. The van der Waals surface area contributed by atoms with E-state index < -0.39 is 0 Å². The maximum atomic E-state index is 5.50. The lowest BCUT2D eigenvalue weighted by atomic mass is 10.0. The lowest BCUT2D eigenvalue weighted by molar-refractivity contribution is -0.0155. The number of hydrogen-bond acceptors (Lipinski definition) is 4. The van der Waals surface area contributed by atoms with E-state index in [-0.39, 0.29) is 5.54 Å². The fourth-order valence-electron chi connectivity index (χ4n) is 3.60. The van der Waals surface area contributed by atoms with Gasteiger partial charge in [0, 0.05) is 54.7 Å². The molecule has 2 aromatic heterocycles. The van der Waals surface area contributed by atoms with Gasteiger partial charge in [-0.1, -0.05) is 6.07 Å². The van der Waals surface area contributed by atoms with Crippen molar-refractivity contribution in [1.29, 1.82) is 0 Å². The molecule has 5 heteroatoms. The number of benzene rings is 1. The Balaban J connectivity index is 1.63. The summed E-state index contributed by atoms with van der Waals surface area (Å²) in [6.07, 6.45) is 5.79. The van der Waals surface area contributed by atoms with Crippen molar-refractivity contribution in [3.8, 4) is 11.4 Å². The molecule has 3 heterocycles. The molecule has 0 spiro atoms. The van der Waals surface area contributed by atoms with Gasteiger partial charge in [-0.05, 0) is 38.1 Å². The minimum Gasteiger partial charge on any atom is -0.379 e. The van der Waals surface area contributed by atoms with Crippen LogP contribution in [0.1, 0.15) is 13.8 Å². The maximum absolute atomic E-state index is 5.50. The zero-order valence-electron chi connectivity index (χ0n) is 14.9. The monoisotopic (exact) mass is 336 g/mol. The van der Waals surface area contributed by atoms with E-state index in [0.29, 0.717) is 0 Å². The number of morpholine rings is 1. The van der Waals surface area contributed by atoms with Crippen LogP contribution >= 0.6 is 0 Å². The van der Waals surface area contributed by atoms with Gasteiger partial charge in [0.25, 0.3) is 0 Å². The van der Waals surface area contributed by atoms with Gasteiger partial charge in [0.1, 0.15) is 5.82 Å². The molecule has 1 aromatic carbocycles. The van der Waals surface area contributed by atoms with Crippen LogP contribution in [0.2, 0.25) is 0 Å². The van der Waals surface area contributed by atoms with Crippen molar-refractivity contribution in [3.63, 3.8) is 0 Å². The third-order valence-electron chi connectivity index (χ3n) is 5.00. The quantitative estimate of drug-likeness (QED) is 0.734. The van der Waals surface area contributed by atoms with Crippen LogP contribution in [-0.4, -0.2) is 51.3 Å². The summed E-state index contributed by atoms with van der Waals surface area (Å²) in [5.74, 6) is 1.01. The van der Waals surface area contributed by atoms with Gasteiger partial charge in [-0.3, -0.25) is 9.88 Å². The fraction of sp³-hybridized carbons (Fsp3) is 0.400. The molecule has 0 radical (unpaired) electrons. The number of rotatable bonds is 4. The summed E-state index contributed by atoms with van der Waals surface area (Å²) in [7, 11) is 0. The van der Waals surface area contributed by atoms with Gasteiger partial charge >= 0.3 is 0 Å². The molecule has 3 aromatic rings. The summed E-state index contributed by atoms with van der Waals surface area (Å²) in [5, 5.41) is 1.14. The first-order chi connectivity index (χ1) is 12.1. The molecule has 0 atom stereocenters. The highest BCUT2D eigenvalue weighted by molar-refractivity contribution is 5.83. The topological polar surface area (TPSA) is 43.2 Å². The Morgan fingerprint density at radius 1 is 1.08 bits per heavy atom. The van der Waals surface area contributed by atoms with Gasteiger partial charge in [-0.2, -0.15) is 0 Å². The van der Waals surface area contributed by atoms with E-state index >= 15 is 0 Å². The highest BCUT2D eigenvalue weighted by Gasteiger charge is 2.29. The van der Waals surface area contributed by atoms with Crippen molar-refractivity contribution in [2.45, 2.75) is 25.9 Å². The van der Waals surface area contributed by atoms with E-state index in [4.69, 9.17) is 4.74 Å². The predicted octanol–water partition coefficient (Wildman–Crippen LogP) is 3.21. The summed E-state index contributed by atoms with van der Waals surface area (Å²) in [5.41, 5.74) is 2.19. The predicted molar refractivity (Wildman–Crippen MR) is 99.4 cm³/mol. The molecule has 0 aliphatic carbocycles. The van der Waals surface area contributed by atoms with Crippen LogP contribution in [0.3, 0.4) is 0 Å². The van der Waals surface area contributed by atoms with E-state index in [9.17, 15) is 0 Å². The summed E-state index contributed by atoms with van der Waals surface area (Å²) in [6, 6.07) is 10.4. The van der Waals surface area contributed by atoms with E-state index in [2.05, 4.69) is 63.7 Å². The number of imidazole rings is 1. The number of fused-ring (bicyclic) bond motifs is 1. The van der Waals surface area contributed by atoms with E-state index in [1.54, 1.807) is 0 Å². The Kier molecular flexibility index (Phi) is 4.27. The van der Waals surface area contributed by atoms with Gasteiger partial charge in [0.2, 0.25) is 0 Å². The molecule has 5 nitrogen and oxygen atoms in total. The van der Waals surface area contributed by atoms with Crippen LogP contribution in [-0.2, 0) is 11.3 Å². The second-order valence-electron chi connectivity index (χ2n) is 7.20. The van der Waals surface area contributed by atoms with Crippen molar-refractivity contribution in [1.82, 2.24) is 19.4 Å². The van der Waals surface area contributed by atoms with Gasteiger partial charge in [0.05, 0.1) is 18.7 Å². The molecule has 25 heavy (non-hydrogen) atoms. The first-order valence-corrected chi connectivity index (χ1v) is 8.83. The molecule has 0 N–H and O–H groups in total. The van der Waals surface area contributed by atoms with Gasteiger partial charge in [0.15, 0.2) is 0 Å². The van der Waals surface area contributed by atoms with Crippen LogP contribution in [0.5, 0.6) is 0 Å². The van der Waals surface area contributed by atoms with Crippen LogP contribution in [0.25, 0.3) is 22.3 Å². The van der Waals surface area contributed by atoms with Crippen LogP contribution in [0.4, 0.5) is 0 Å². The lowest BCUT2D eigenvalue weighted by Crippen LogP contribution is -2.52. The first kappa shape index (κ1) is 16.2. The summed E-state index contributed by atoms with van der Waals surface area (Å²) >= 11 is 0. The second kappa shape index (κ2) is 6.58. The second-order valence-corrected chi connectivity index (χ2v) is 7.20. The van der Waals surface area contributed by atoms with Crippen molar-refractivity contribution in [2.75, 3.05) is 26.3 Å². The molecule has 1 aliphatic heterocycles. The summed E-state index contributed by atoms with van der Waals surface area (Å²) in [6.45, 7) is 9.10. The third-order valence-corrected chi connectivity index (χ3v) is 5.00. The van der Waals surface area contributed by atoms with Crippen LogP contribution < -0.4 is 0 Å². The first-order valence-electron chi connectivity index (χ1n) is 8.83. The molecule has 0 saturated carbocycles. The van der Waals surface area contributed by atoms with Crippen LogP contribution in [0, 0.1) is 0 Å². The maximum Gasteiger partial charge on any atom is 0.139 e. The van der Waals surface area contributed by atoms with E-state index in [1.807, 2.05) is 18.5 Å². The minimum absolute atomic E-state index is 0.0532. The molecule has 0 bridgehead atoms. The minimum atomic E-state index is 0.0532. The van der Waals surface area contributed by atoms with Crippen molar-refractivity contribution in [2.24, 2.45) is 0 Å². The smallest absolute Gasteiger partial charge is 0.139 e. The Morgan fingerprint density at radius 2 is 1.92 bits per heavy atom. The molecule has 0 unspecified atom stereocenters. The highest BCUT2D eigenvalue weighted by atomic mass is 16.5. The lowest BCUT2D eigenvalue weighted by Gasteiger charge is -2.41. The number of ether oxygens (including phenoxy) is 1. The molecule has 130 valence electrons. The summed E-state index contributed by atoms with van der Waals surface area (Å²) in [4.78, 5) is 11.5. The SMILES string of the molecule is CC(C)(Cn1ccnc1-c1ccc2ncccc2c1)N1CCOCC1. The Hall–Kier alpha value is -2.24. The average Bonchev–Trinajstić information content (AvgIpc) is 3.09. The molecule has 0 amide bonds. The molecular formula is C20H24N4O. The van der Waals surface area contributed by atoms with E-state index in [0.717, 1.165) is 55.1 Å². The Morgan fingerprint density at radius 3 is 2.76 bits per heavy atom. The number of hydrogen-bond donors (Lipinski definition) is 0. The van der Waals surface area contributed by atoms with Gasteiger partial charge in [-0.15, -0.1) is 0 Å². The third kappa shape index (κ3) is 3.30. The van der Waals surface area contributed by atoms with E-state index in [1.165, 1.54) is 0 Å². The van der Waals surface area contributed by atoms with Gasteiger partial charge in [-0.25, -0.2) is 4.98 Å². The Bertz CT molecular complexity index is 865. The number of aromatic nitrogens is 3. The van der Waals surface area contributed by atoms with Gasteiger partial charge < -0.3 is 9.30 Å².